The maximum absolute atomic E-state index is 11.5. The highest BCUT2D eigenvalue weighted by Crippen LogP contribution is 2.40. The molecule has 0 bridgehead atoms. The summed E-state index contributed by atoms with van der Waals surface area (Å²) in [5, 5.41) is 11.0. The fraction of sp³-hybridized carbons (Fsp3) is 0.417. The number of nitro benzene ring substituents is 1. The minimum absolute atomic E-state index is 0.0349. The number of carbonyl (C=O) groups is 1. The van der Waals surface area contributed by atoms with E-state index >= 15 is 0 Å². The van der Waals surface area contributed by atoms with E-state index in [-0.39, 0.29) is 16.5 Å². The molecule has 6 nitrogen and oxygen atoms in total. The molecule has 0 atom stereocenters. The zero-order chi connectivity index (χ0) is 13.4. The predicted molar refractivity (Wildman–Crippen MR) is 69.2 cm³/mol. The molecular weight excluding hydrogens is 234 g/mol. The van der Waals surface area contributed by atoms with Gasteiger partial charge in [0.2, 0.25) is 5.91 Å². The van der Waals surface area contributed by atoms with E-state index in [1.165, 1.54) is 13.0 Å². The lowest BCUT2D eigenvalue weighted by atomic mass is 10.1. The van der Waals surface area contributed by atoms with E-state index in [4.69, 9.17) is 0 Å². The molecule has 0 fully saturated rings. The smallest absolute Gasteiger partial charge is 0.292 e. The van der Waals surface area contributed by atoms with Gasteiger partial charge in [-0.15, -0.1) is 0 Å². The third-order valence-electron chi connectivity index (χ3n) is 3.14. The second-order valence-corrected chi connectivity index (χ2v) is 4.50. The molecule has 1 aromatic carbocycles. The SMILES string of the molecule is CC(=O)N1CCc2c1ccc([N+](=O)[O-])c2N(C)C. The minimum Gasteiger partial charge on any atom is -0.372 e. The molecule has 0 unspecified atom stereocenters. The van der Waals surface area contributed by atoms with Crippen LogP contribution in [0.2, 0.25) is 0 Å². The summed E-state index contributed by atoms with van der Waals surface area (Å²) < 4.78 is 0. The maximum atomic E-state index is 11.5. The van der Waals surface area contributed by atoms with Crippen molar-refractivity contribution in [3.63, 3.8) is 0 Å². The van der Waals surface area contributed by atoms with Crippen LogP contribution < -0.4 is 9.80 Å². The van der Waals surface area contributed by atoms with Gasteiger partial charge in [0.15, 0.2) is 0 Å². The van der Waals surface area contributed by atoms with Gasteiger partial charge in [-0.1, -0.05) is 0 Å². The molecule has 0 spiro atoms. The number of amides is 1. The lowest BCUT2D eigenvalue weighted by molar-refractivity contribution is -0.384. The van der Waals surface area contributed by atoms with Gasteiger partial charge in [-0.2, -0.15) is 0 Å². The van der Waals surface area contributed by atoms with Gasteiger partial charge < -0.3 is 9.80 Å². The molecule has 0 radical (unpaired) electrons. The van der Waals surface area contributed by atoms with Crippen molar-refractivity contribution in [2.75, 3.05) is 30.4 Å². The molecule has 1 aromatic rings. The Kier molecular flexibility index (Phi) is 2.94. The number of carbonyl (C=O) groups excluding carboxylic acids is 1. The molecule has 0 saturated carbocycles. The summed E-state index contributed by atoms with van der Waals surface area (Å²) in [6, 6.07) is 3.13. The van der Waals surface area contributed by atoms with Crippen molar-refractivity contribution < 1.29 is 9.72 Å². The summed E-state index contributed by atoms with van der Waals surface area (Å²) in [5.74, 6) is -0.0349. The standard InChI is InChI=1S/C12H15N3O3/c1-8(16)14-7-6-9-10(14)4-5-11(15(17)18)12(9)13(2)3/h4-5H,6-7H2,1-3H3. The van der Waals surface area contributed by atoms with Crippen LogP contribution >= 0.6 is 0 Å². The van der Waals surface area contributed by atoms with Gasteiger partial charge >= 0.3 is 0 Å². The lowest BCUT2D eigenvalue weighted by Gasteiger charge is -2.19. The highest BCUT2D eigenvalue weighted by Gasteiger charge is 2.30. The van der Waals surface area contributed by atoms with Crippen LogP contribution in [-0.2, 0) is 11.2 Å². The Balaban J connectivity index is 2.62. The van der Waals surface area contributed by atoms with Gasteiger partial charge in [0.1, 0.15) is 5.69 Å². The van der Waals surface area contributed by atoms with Crippen LogP contribution in [0.5, 0.6) is 0 Å². The Morgan fingerprint density at radius 3 is 2.61 bits per heavy atom. The Labute approximate surface area is 105 Å². The Hall–Kier alpha value is -2.11. The molecule has 18 heavy (non-hydrogen) atoms. The fourth-order valence-corrected chi connectivity index (χ4v) is 2.43. The van der Waals surface area contributed by atoms with Crippen molar-refractivity contribution in [3.8, 4) is 0 Å². The first-order valence-corrected chi connectivity index (χ1v) is 5.69. The number of fused-ring (bicyclic) bond motifs is 1. The van der Waals surface area contributed by atoms with E-state index in [9.17, 15) is 14.9 Å². The second-order valence-electron chi connectivity index (χ2n) is 4.50. The van der Waals surface area contributed by atoms with E-state index in [0.717, 1.165) is 11.3 Å². The monoisotopic (exact) mass is 249 g/mol. The number of rotatable bonds is 2. The first kappa shape index (κ1) is 12.3. The van der Waals surface area contributed by atoms with Crippen LogP contribution in [0.1, 0.15) is 12.5 Å². The van der Waals surface area contributed by atoms with Crippen molar-refractivity contribution in [3.05, 3.63) is 27.8 Å². The molecule has 1 aliphatic rings. The predicted octanol–water partition coefficient (Wildman–Crippen LogP) is 1.57. The van der Waals surface area contributed by atoms with E-state index in [1.54, 1.807) is 30.0 Å². The fourth-order valence-electron chi connectivity index (χ4n) is 2.43. The molecule has 0 saturated heterocycles. The van der Waals surface area contributed by atoms with Gasteiger partial charge in [-0.05, 0) is 12.5 Å². The van der Waals surface area contributed by atoms with Gasteiger partial charge in [0, 0.05) is 44.9 Å². The molecule has 1 heterocycles. The number of hydrogen-bond acceptors (Lipinski definition) is 4. The van der Waals surface area contributed by atoms with Crippen LogP contribution in [0, 0.1) is 10.1 Å². The Morgan fingerprint density at radius 1 is 1.44 bits per heavy atom. The molecule has 1 aliphatic heterocycles. The van der Waals surface area contributed by atoms with E-state index < -0.39 is 0 Å². The van der Waals surface area contributed by atoms with E-state index in [0.29, 0.717) is 18.7 Å². The first-order valence-electron chi connectivity index (χ1n) is 5.69. The maximum Gasteiger partial charge on any atom is 0.292 e. The number of benzene rings is 1. The third-order valence-corrected chi connectivity index (χ3v) is 3.14. The molecule has 0 N–H and O–H groups in total. The Bertz CT molecular complexity index is 526. The average Bonchev–Trinajstić information content (AvgIpc) is 2.70. The summed E-state index contributed by atoms with van der Waals surface area (Å²) in [6.07, 6.45) is 0.657. The summed E-state index contributed by atoms with van der Waals surface area (Å²) >= 11 is 0. The summed E-state index contributed by atoms with van der Waals surface area (Å²) in [5.41, 5.74) is 2.35. The normalized spacial score (nSPS) is 13.4. The summed E-state index contributed by atoms with van der Waals surface area (Å²) in [6.45, 7) is 2.10. The number of hydrogen-bond donors (Lipinski definition) is 0. The van der Waals surface area contributed by atoms with Gasteiger partial charge in [-0.3, -0.25) is 14.9 Å². The molecule has 6 heteroatoms. The summed E-state index contributed by atoms with van der Waals surface area (Å²) in [4.78, 5) is 25.5. The van der Waals surface area contributed by atoms with Crippen molar-refractivity contribution in [2.45, 2.75) is 13.3 Å². The van der Waals surface area contributed by atoms with E-state index in [1.807, 2.05) is 0 Å². The third kappa shape index (κ3) is 1.79. The molecule has 0 aliphatic carbocycles. The molecule has 0 aromatic heterocycles. The van der Waals surface area contributed by atoms with Crippen molar-refractivity contribution in [2.24, 2.45) is 0 Å². The number of anilines is 2. The van der Waals surface area contributed by atoms with Gasteiger partial charge in [0.25, 0.3) is 5.69 Å². The highest BCUT2D eigenvalue weighted by atomic mass is 16.6. The zero-order valence-electron chi connectivity index (χ0n) is 10.6. The molecule has 1 amide bonds. The van der Waals surface area contributed by atoms with Crippen LogP contribution in [0.3, 0.4) is 0 Å². The largest absolute Gasteiger partial charge is 0.372 e. The van der Waals surface area contributed by atoms with Crippen molar-refractivity contribution >= 4 is 23.0 Å². The average molecular weight is 249 g/mol. The molecule has 96 valence electrons. The highest BCUT2D eigenvalue weighted by molar-refractivity contribution is 5.96. The van der Waals surface area contributed by atoms with Gasteiger partial charge in [-0.25, -0.2) is 0 Å². The number of nitro groups is 1. The molecular formula is C12H15N3O3. The second kappa shape index (κ2) is 4.29. The van der Waals surface area contributed by atoms with Crippen LogP contribution in [-0.4, -0.2) is 31.5 Å². The van der Waals surface area contributed by atoms with Crippen LogP contribution in [0.4, 0.5) is 17.1 Å². The topological polar surface area (TPSA) is 66.7 Å². The van der Waals surface area contributed by atoms with Crippen LogP contribution in [0.25, 0.3) is 0 Å². The lowest BCUT2D eigenvalue weighted by Crippen LogP contribution is -2.25. The Morgan fingerprint density at radius 2 is 2.11 bits per heavy atom. The quantitative estimate of drug-likeness (QED) is 0.589. The zero-order valence-corrected chi connectivity index (χ0v) is 10.6. The number of nitrogens with zero attached hydrogens (tertiary/aromatic N) is 3. The minimum atomic E-state index is -0.383. The van der Waals surface area contributed by atoms with Gasteiger partial charge in [0.05, 0.1) is 4.92 Å². The summed E-state index contributed by atoms with van der Waals surface area (Å²) in [7, 11) is 3.55. The van der Waals surface area contributed by atoms with Crippen molar-refractivity contribution in [1.29, 1.82) is 0 Å². The van der Waals surface area contributed by atoms with E-state index in [2.05, 4.69) is 0 Å². The van der Waals surface area contributed by atoms with Crippen LogP contribution in [0.15, 0.2) is 12.1 Å². The first-order chi connectivity index (χ1) is 8.43. The molecule has 2 rings (SSSR count). The van der Waals surface area contributed by atoms with Crippen molar-refractivity contribution in [1.82, 2.24) is 0 Å².